The van der Waals surface area contributed by atoms with Gasteiger partial charge in [-0.05, 0) is 48.1 Å². The summed E-state index contributed by atoms with van der Waals surface area (Å²) in [5.74, 6) is -0.102. The molecule has 0 aliphatic carbocycles. The standard InChI is InChI=1S/C21H27N3O3S/c1-15(25)24(14-18-6-4-10-27-18)13-16-12-17(8-9-19(16)23(2)3)22-21(26)20-7-5-11-28-20/h5,7-9,11-12,18H,4,6,10,13-14H2,1-3H3,(H,22,26). The molecule has 1 aliphatic rings. The smallest absolute Gasteiger partial charge is 0.265 e. The van der Waals surface area contributed by atoms with E-state index in [4.69, 9.17) is 4.74 Å². The molecule has 3 rings (SSSR count). The fraction of sp³-hybridized carbons (Fsp3) is 0.429. The number of hydrogen-bond donors (Lipinski definition) is 1. The first-order valence-corrected chi connectivity index (χ1v) is 10.3. The highest BCUT2D eigenvalue weighted by atomic mass is 32.1. The second-order valence-corrected chi connectivity index (χ2v) is 8.15. The predicted molar refractivity (Wildman–Crippen MR) is 113 cm³/mol. The van der Waals surface area contributed by atoms with Crippen molar-refractivity contribution in [2.45, 2.75) is 32.4 Å². The van der Waals surface area contributed by atoms with E-state index in [1.807, 2.05) is 53.5 Å². The lowest BCUT2D eigenvalue weighted by Gasteiger charge is -2.27. The van der Waals surface area contributed by atoms with Crippen LogP contribution in [0.25, 0.3) is 0 Å². The highest BCUT2D eigenvalue weighted by Gasteiger charge is 2.22. The van der Waals surface area contributed by atoms with Crippen LogP contribution in [0, 0.1) is 0 Å². The van der Waals surface area contributed by atoms with Crippen molar-refractivity contribution in [3.63, 3.8) is 0 Å². The van der Waals surface area contributed by atoms with E-state index in [1.165, 1.54) is 11.3 Å². The van der Waals surface area contributed by atoms with Crippen LogP contribution in [-0.4, -0.2) is 50.1 Å². The topological polar surface area (TPSA) is 61.9 Å². The summed E-state index contributed by atoms with van der Waals surface area (Å²) in [6.07, 6.45) is 2.14. The maximum atomic E-state index is 12.4. The first kappa shape index (κ1) is 20.4. The Morgan fingerprint density at radius 1 is 1.29 bits per heavy atom. The van der Waals surface area contributed by atoms with Gasteiger partial charge in [-0.2, -0.15) is 0 Å². The third kappa shape index (κ3) is 5.11. The van der Waals surface area contributed by atoms with E-state index in [-0.39, 0.29) is 17.9 Å². The van der Waals surface area contributed by atoms with E-state index in [0.29, 0.717) is 18.0 Å². The molecule has 2 aromatic rings. The number of ether oxygens (including phenoxy) is 1. The molecule has 1 fully saturated rings. The largest absolute Gasteiger partial charge is 0.377 e. The fourth-order valence-corrected chi connectivity index (χ4v) is 3.99. The van der Waals surface area contributed by atoms with Gasteiger partial charge in [-0.25, -0.2) is 0 Å². The second-order valence-electron chi connectivity index (χ2n) is 7.20. The Hall–Kier alpha value is -2.38. The van der Waals surface area contributed by atoms with Gasteiger partial charge in [0.05, 0.1) is 11.0 Å². The fourth-order valence-electron chi connectivity index (χ4n) is 3.37. The highest BCUT2D eigenvalue weighted by Crippen LogP contribution is 2.26. The van der Waals surface area contributed by atoms with Crippen LogP contribution in [0.3, 0.4) is 0 Å². The van der Waals surface area contributed by atoms with Crippen LogP contribution < -0.4 is 10.2 Å². The van der Waals surface area contributed by atoms with Crippen molar-refractivity contribution in [1.29, 1.82) is 0 Å². The number of carbonyl (C=O) groups is 2. The maximum Gasteiger partial charge on any atom is 0.265 e. The van der Waals surface area contributed by atoms with E-state index < -0.39 is 0 Å². The summed E-state index contributed by atoms with van der Waals surface area (Å²) in [7, 11) is 3.95. The number of hydrogen-bond acceptors (Lipinski definition) is 5. The minimum Gasteiger partial charge on any atom is -0.377 e. The SMILES string of the molecule is CC(=O)N(Cc1cc(NC(=O)c2cccs2)ccc1N(C)C)CC1CCCO1. The lowest BCUT2D eigenvalue weighted by atomic mass is 10.1. The van der Waals surface area contributed by atoms with Crippen LogP contribution >= 0.6 is 11.3 Å². The predicted octanol–water partition coefficient (Wildman–Crippen LogP) is 3.59. The second kappa shape index (κ2) is 9.21. The van der Waals surface area contributed by atoms with Gasteiger partial charge >= 0.3 is 0 Å². The van der Waals surface area contributed by atoms with Gasteiger partial charge in [-0.3, -0.25) is 9.59 Å². The zero-order valence-corrected chi connectivity index (χ0v) is 17.4. The molecule has 1 unspecified atom stereocenters. The molecule has 0 bridgehead atoms. The molecule has 0 radical (unpaired) electrons. The Bertz CT molecular complexity index is 814. The average molecular weight is 402 g/mol. The van der Waals surface area contributed by atoms with Gasteiger partial charge in [0.25, 0.3) is 5.91 Å². The number of benzene rings is 1. The summed E-state index contributed by atoms with van der Waals surface area (Å²) in [6, 6.07) is 9.47. The number of thiophene rings is 1. The lowest BCUT2D eigenvalue weighted by molar-refractivity contribution is -0.131. The molecule has 1 aromatic carbocycles. The van der Waals surface area contributed by atoms with Gasteiger partial charge < -0.3 is 19.9 Å². The van der Waals surface area contributed by atoms with Crippen LogP contribution in [0.4, 0.5) is 11.4 Å². The van der Waals surface area contributed by atoms with Crippen LogP contribution in [0.2, 0.25) is 0 Å². The van der Waals surface area contributed by atoms with Crippen molar-refractivity contribution in [1.82, 2.24) is 4.90 Å². The van der Waals surface area contributed by atoms with Crippen molar-refractivity contribution in [3.05, 3.63) is 46.2 Å². The van der Waals surface area contributed by atoms with Gasteiger partial charge in [-0.15, -0.1) is 11.3 Å². The number of anilines is 2. The van der Waals surface area contributed by atoms with Gasteiger partial charge in [0, 0.05) is 52.1 Å². The van der Waals surface area contributed by atoms with Crippen molar-refractivity contribution in [2.24, 2.45) is 0 Å². The molecule has 0 spiro atoms. The zero-order chi connectivity index (χ0) is 20.1. The van der Waals surface area contributed by atoms with E-state index in [0.717, 1.165) is 36.4 Å². The van der Waals surface area contributed by atoms with Crippen molar-refractivity contribution in [2.75, 3.05) is 37.5 Å². The lowest BCUT2D eigenvalue weighted by Crippen LogP contribution is -2.35. The molecule has 1 aromatic heterocycles. The normalized spacial score (nSPS) is 16.0. The van der Waals surface area contributed by atoms with Crippen molar-refractivity contribution >= 4 is 34.5 Å². The molecule has 6 nitrogen and oxygen atoms in total. The summed E-state index contributed by atoms with van der Waals surface area (Å²) in [5, 5.41) is 4.83. The van der Waals surface area contributed by atoms with Gasteiger partial charge in [-0.1, -0.05) is 6.07 Å². The van der Waals surface area contributed by atoms with Crippen LogP contribution in [0.15, 0.2) is 35.7 Å². The Morgan fingerprint density at radius 2 is 2.11 bits per heavy atom. The molecule has 1 aliphatic heterocycles. The number of nitrogens with one attached hydrogen (secondary N) is 1. The Labute approximate surface area is 170 Å². The van der Waals surface area contributed by atoms with Crippen LogP contribution in [0.1, 0.15) is 35.0 Å². The van der Waals surface area contributed by atoms with Crippen molar-refractivity contribution in [3.8, 4) is 0 Å². The highest BCUT2D eigenvalue weighted by molar-refractivity contribution is 7.12. The summed E-state index contributed by atoms with van der Waals surface area (Å²) in [6.45, 7) is 3.43. The number of amides is 2. The summed E-state index contributed by atoms with van der Waals surface area (Å²) < 4.78 is 5.71. The van der Waals surface area contributed by atoms with Crippen molar-refractivity contribution < 1.29 is 14.3 Å². The first-order valence-electron chi connectivity index (χ1n) is 9.46. The van der Waals surface area contributed by atoms with E-state index in [2.05, 4.69) is 5.32 Å². The summed E-state index contributed by atoms with van der Waals surface area (Å²) >= 11 is 1.41. The Kier molecular flexibility index (Phi) is 6.70. The molecule has 2 heterocycles. The van der Waals surface area contributed by atoms with Gasteiger partial charge in [0.2, 0.25) is 5.91 Å². The first-order chi connectivity index (χ1) is 13.4. The number of carbonyl (C=O) groups excluding carboxylic acids is 2. The van der Waals surface area contributed by atoms with Crippen LogP contribution in [-0.2, 0) is 16.1 Å². The number of rotatable bonds is 7. The molecule has 1 N–H and O–H groups in total. The molecule has 150 valence electrons. The molecule has 1 saturated heterocycles. The van der Waals surface area contributed by atoms with E-state index in [9.17, 15) is 9.59 Å². The van der Waals surface area contributed by atoms with Gasteiger partial charge in [0.15, 0.2) is 0 Å². The molecule has 0 saturated carbocycles. The maximum absolute atomic E-state index is 12.4. The minimum atomic E-state index is -0.124. The zero-order valence-electron chi connectivity index (χ0n) is 16.6. The molecule has 7 heteroatoms. The minimum absolute atomic E-state index is 0.0215. The quantitative estimate of drug-likeness (QED) is 0.770. The van der Waals surface area contributed by atoms with Crippen LogP contribution in [0.5, 0.6) is 0 Å². The van der Waals surface area contributed by atoms with Gasteiger partial charge in [0.1, 0.15) is 0 Å². The molecule has 28 heavy (non-hydrogen) atoms. The van der Waals surface area contributed by atoms with E-state index in [1.54, 1.807) is 13.0 Å². The summed E-state index contributed by atoms with van der Waals surface area (Å²) in [5.41, 5.74) is 2.73. The summed E-state index contributed by atoms with van der Waals surface area (Å²) in [4.78, 5) is 29.1. The average Bonchev–Trinajstić information content (AvgIpc) is 3.35. The third-order valence-corrected chi connectivity index (χ3v) is 5.69. The molecule has 1 atom stereocenters. The Balaban J connectivity index is 1.79. The molecule has 2 amide bonds. The number of nitrogens with zero attached hydrogens (tertiary/aromatic N) is 2. The monoisotopic (exact) mass is 401 g/mol. The molecular weight excluding hydrogens is 374 g/mol. The Morgan fingerprint density at radius 3 is 2.71 bits per heavy atom. The molecular formula is C21H27N3O3S. The van der Waals surface area contributed by atoms with E-state index >= 15 is 0 Å². The third-order valence-electron chi connectivity index (χ3n) is 4.82.